The summed E-state index contributed by atoms with van der Waals surface area (Å²) in [6.45, 7) is 0.303. The highest BCUT2D eigenvalue weighted by atomic mass is 79.9. The molecule has 0 fully saturated rings. The zero-order valence-electron chi connectivity index (χ0n) is 11.7. The summed E-state index contributed by atoms with van der Waals surface area (Å²) in [7, 11) is 0. The highest BCUT2D eigenvalue weighted by Crippen LogP contribution is 2.34. The highest BCUT2D eigenvalue weighted by Gasteiger charge is 2.05. The van der Waals surface area contributed by atoms with E-state index in [4.69, 9.17) is 4.74 Å². The van der Waals surface area contributed by atoms with Crippen LogP contribution in [-0.4, -0.2) is 22.8 Å². The van der Waals surface area contributed by atoms with Crippen molar-refractivity contribution in [2.45, 2.75) is 6.42 Å². The summed E-state index contributed by atoms with van der Waals surface area (Å²) in [4.78, 5) is 11.6. The van der Waals surface area contributed by atoms with Crippen molar-refractivity contribution in [1.29, 1.82) is 0 Å². The monoisotopic (exact) mass is 362 g/mol. The fourth-order valence-corrected chi connectivity index (χ4v) is 2.30. The zero-order chi connectivity index (χ0) is 15.9. The van der Waals surface area contributed by atoms with Crippen molar-refractivity contribution in [2.75, 3.05) is 6.61 Å². The number of phenols is 2. The summed E-state index contributed by atoms with van der Waals surface area (Å²) < 4.78 is 5.45. The van der Waals surface area contributed by atoms with E-state index in [-0.39, 0.29) is 11.5 Å². The summed E-state index contributed by atoms with van der Waals surface area (Å²) in [5.41, 5.74) is 1.67. The first-order chi connectivity index (χ1) is 10.6. The number of hydrogen-bond donors (Lipinski definition) is 2. The fourth-order valence-electron chi connectivity index (χ4n) is 1.83. The van der Waals surface area contributed by atoms with Crippen molar-refractivity contribution in [1.82, 2.24) is 0 Å². The molecule has 0 atom stereocenters. The van der Waals surface area contributed by atoms with Gasteiger partial charge in [0.25, 0.3) is 0 Å². The molecule has 0 spiro atoms. The maximum atomic E-state index is 11.6. The number of esters is 1. The third-order valence-electron chi connectivity index (χ3n) is 2.96. The fraction of sp³-hybridized carbons (Fsp3) is 0.118. The van der Waals surface area contributed by atoms with E-state index in [0.717, 1.165) is 5.56 Å². The molecule has 0 aliphatic heterocycles. The van der Waals surface area contributed by atoms with Crippen molar-refractivity contribution in [3.63, 3.8) is 0 Å². The molecule has 0 heterocycles. The Morgan fingerprint density at radius 1 is 1.18 bits per heavy atom. The number of hydrogen-bond acceptors (Lipinski definition) is 4. The summed E-state index contributed by atoms with van der Waals surface area (Å²) in [5.74, 6) is -0.950. The number of carbonyl (C=O) groups is 1. The second-order valence-electron chi connectivity index (χ2n) is 4.61. The van der Waals surface area contributed by atoms with Gasteiger partial charge in [-0.15, -0.1) is 0 Å². The summed E-state index contributed by atoms with van der Waals surface area (Å²) >= 11 is 3.11. The predicted molar refractivity (Wildman–Crippen MR) is 87.6 cm³/mol. The Morgan fingerprint density at radius 3 is 2.59 bits per heavy atom. The molecule has 0 unspecified atom stereocenters. The largest absolute Gasteiger partial charge is 0.504 e. The molecule has 0 aromatic heterocycles. The van der Waals surface area contributed by atoms with E-state index in [2.05, 4.69) is 15.9 Å². The van der Waals surface area contributed by atoms with E-state index in [1.165, 1.54) is 18.2 Å². The van der Waals surface area contributed by atoms with E-state index >= 15 is 0 Å². The normalized spacial score (nSPS) is 10.8. The van der Waals surface area contributed by atoms with Crippen LogP contribution in [0.1, 0.15) is 11.1 Å². The van der Waals surface area contributed by atoms with Gasteiger partial charge in [0, 0.05) is 12.5 Å². The first-order valence-electron chi connectivity index (χ1n) is 6.66. The van der Waals surface area contributed by atoms with Crippen LogP contribution in [0.25, 0.3) is 6.08 Å². The molecular formula is C17H15BrO4. The van der Waals surface area contributed by atoms with Crippen LogP contribution in [0.5, 0.6) is 11.5 Å². The topological polar surface area (TPSA) is 66.8 Å². The van der Waals surface area contributed by atoms with Gasteiger partial charge in [-0.05, 0) is 45.3 Å². The molecule has 114 valence electrons. The Labute approximate surface area is 136 Å². The molecular weight excluding hydrogens is 348 g/mol. The van der Waals surface area contributed by atoms with Gasteiger partial charge in [0.05, 0.1) is 11.1 Å². The molecule has 2 N–H and O–H groups in total. The summed E-state index contributed by atoms with van der Waals surface area (Å²) in [6, 6.07) is 12.7. The first kappa shape index (κ1) is 16.1. The average molecular weight is 363 g/mol. The summed E-state index contributed by atoms with van der Waals surface area (Å²) in [5, 5.41) is 18.9. The zero-order valence-corrected chi connectivity index (χ0v) is 13.3. The lowest BCUT2D eigenvalue weighted by molar-refractivity contribution is -0.137. The molecule has 0 saturated carbocycles. The Hall–Kier alpha value is -2.27. The number of benzene rings is 2. The van der Waals surface area contributed by atoms with Crippen LogP contribution in [0.3, 0.4) is 0 Å². The van der Waals surface area contributed by atoms with Gasteiger partial charge < -0.3 is 14.9 Å². The van der Waals surface area contributed by atoms with E-state index in [1.807, 2.05) is 30.3 Å². The first-order valence-corrected chi connectivity index (χ1v) is 7.46. The van der Waals surface area contributed by atoms with Gasteiger partial charge in [0.15, 0.2) is 11.5 Å². The van der Waals surface area contributed by atoms with Crippen molar-refractivity contribution in [3.05, 3.63) is 64.1 Å². The molecule has 0 saturated heterocycles. The molecule has 0 amide bonds. The van der Waals surface area contributed by atoms with Crippen LogP contribution >= 0.6 is 15.9 Å². The molecule has 4 nitrogen and oxygen atoms in total. The van der Waals surface area contributed by atoms with E-state index in [1.54, 1.807) is 6.07 Å². The maximum absolute atomic E-state index is 11.6. The van der Waals surface area contributed by atoms with Crippen molar-refractivity contribution >= 4 is 28.0 Å². The Bertz CT molecular complexity index is 657. The molecule has 2 rings (SSSR count). The number of phenolic OH excluding ortho intramolecular Hbond substituents is 2. The molecule has 0 bridgehead atoms. The van der Waals surface area contributed by atoms with Gasteiger partial charge in [-0.25, -0.2) is 4.79 Å². The lowest BCUT2D eigenvalue weighted by Gasteiger charge is -2.03. The second kappa shape index (κ2) is 7.66. The molecule has 22 heavy (non-hydrogen) atoms. The van der Waals surface area contributed by atoms with Crippen molar-refractivity contribution in [2.24, 2.45) is 0 Å². The standard InChI is InChI=1S/C17H15BrO4/c18-14-10-13(11-15(19)17(14)21)6-7-16(20)22-9-8-12-4-2-1-3-5-12/h1-7,10-11,19,21H,8-9H2/b7-6+. The average Bonchev–Trinajstić information content (AvgIpc) is 2.51. The van der Waals surface area contributed by atoms with Gasteiger partial charge >= 0.3 is 5.97 Å². The van der Waals surface area contributed by atoms with Crippen LogP contribution in [0.2, 0.25) is 0 Å². The quantitative estimate of drug-likeness (QED) is 0.483. The van der Waals surface area contributed by atoms with E-state index in [0.29, 0.717) is 23.1 Å². The number of halogens is 1. The van der Waals surface area contributed by atoms with Crippen LogP contribution in [-0.2, 0) is 16.0 Å². The van der Waals surface area contributed by atoms with E-state index in [9.17, 15) is 15.0 Å². The minimum absolute atomic E-state index is 0.234. The molecule has 0 aliphatic rings. The van der Waals surface area contributed by atoms with Gasteiger partial charge in [-0.1, -0.05) is 30.3 Å². The van der Waals surface area contributed by atoms with Gasteiger partial charge in [-0.2, -0.15) is 0 Å². The number of ether oxygens (including phenoxy) is 1. The van der Waals surface area contributed by atoms with Crippen molar-refractivity contribution < 1.29 is 19.7 Å². The molecule has 5 heteroatoms. The Morgan fingerprint density at radius 2 is 1.91 bits per heavy atom. The number of carbonyl (C=O) groups excluding carboxylic acids is 1. The molecule has 0 radical (unpaired) electrons. The number of rotatable bonds is 5. The Balaban J connectivity index is 1.86. The molecule has 2 aromatic rings. The van der Waals surface area contributed by atoms with Gasteiger partial charge in [-0.3, -0.25) is 0 Å². The minimum atomic E-state index is -0.459. The highest BCUT2D eigenvalue weighted by molar-refractivity contribution is 9.10. The smallest absolute Gasteiger partial charge is 0.330 e. The van der Waals surface area contributed by atoms with Crippen LogP contribution in [0.4, 0.5) is 0 Å². The minimum Gasteiger partial charge on any atom is -0.504 e. The van der Waals surface area contributed by atoms with Crippen molar-refractivity contribution in [3.8, 4) is 11.5 Å². The Kier molecular flexibility index (Phi) is 5.61. The SMILES string of the molecule is O=C(/C=C/c1cc(O)c(O)c(Br)c1)OCCc1ccccc1. The van der Waals surface area contributed by atoms with Crippen LogP contribution in [0.15, 0.2) is 53.0 Å². The van der Waals surface area contributed by atoms with Crippen LogP contribution in [0, 0.1) is 0 Å². The number of aromatic hydroxyl groups is 2. The maximum Gasteiger partial charge on any atom is 0.330 e. The molecule has 0 aliphatic carbocycles. The molecule has 2 aromatic carbocycles. The van der Waals surface area contributed by atoms with Gasteiger partial charge in [0.1, 0.15) is 0 Å². The third-order valence-corrected chi connectivity index (χ3v) is 3.56. The third kappa shape index (κ3) is 4.63. The predicted octanol–water partition coefficient (Wildman–Crippen LogP) is 3.66. The van der Waals surface area contributed by atoms with Crippen LogP contribution < -0.4 is 0 Å². The van der Waals surface area contributed by atoms with E-state index < -0.39 is 5.97 Å². The van der Waals surface area contributed by atoms with Gasteiger partial charge in [0.2, 0.25) is 0 Å². The lowest BCUT2D eigenvalue weighted by atomic mass is 10.2. The lowest BCUT2D eigenvalue weighted by Crippen LogP contribution is -2.04. The second-order valence-corrected chi connectivity index (χ2v) is 5.46. The summed E-state index contributed by atoms with van der Waals surface area (Å²) in [6.07, 6.45) is 3.45.